The Hall–Kier alpha value is -3.23. The third-order valence-electron chi connectivity index (χ3n) is 4.37. The van der Waals surface area contributed by atoms with E-state index < -0.39 is 17.2 Å². The van der Waals surface area contributed by atoms with Gasteiger partial charge in [-0.1, -0.05) is 12.1 Å². The molecule has 2 heterocycles. The summed E-state index contributed by atoms with van der Waals surface area (Å²) in [4.78, 5) is 24.2. The van der Waals surface area contributed by atoms with Crippen molar-refractivity contribution in [2.45, 2.75) is 6.54 Å². The second-order valence-corrected chi connectivity index (χ2v) is 7.90. The molecule has 0 saturated carbocycles. The lowest BCUT2D eigenvalue weighted by molar-refractivity contribution is 0.401. The topological polar surface area (TPSA) is 51.0 Å². The van der Waals surface area contributed by atoms with E-state index in [0.717, 1.165) is 22.2 Å². The highest BCUT2D eigenvalue weighted by Gasteiger charge is 2.15. The molecule has 0 radical (unpaired) electrons. The van der Waals surface area contributed by atoms with E-state index in [4.69, 9.17) is 0 Å². The Morgan fingerprint density at radius 3 is 2.67 bits per heavy atom. The minimum Gasteiger partial charge on any atom is -0.303 e. The van der Waals surface area contributed by atoms with Crippen LogP contribution in [0.4, 0.5) is 8.78 Å². The van der Waals surface area contributed by atoms with Gasteiger partial charge in [0.1, 0.15) is 22.5 Å². The average molecular weight is 424 g/mol. The van der Waals surface area contributed by atoms with Crippen LogP contribution in [-0.4, -0.2) is 33.5 Å². The molecule has 2 aromatic carbocycles. The van der Waals surface area contributed by atoms with Crippen LogP contribution in [0.25, 0.3) is 28.7 Å². The molecule has 0 spiro atoms. The van der Waals surface area contributed by atoms with Crippen LogP contribution in [0.5, 0.6) is 0 Å². The molecule has 0 unspecified atom stereocenters. The standard InChI is InChI=1S/C22H18F2N4OS/c1-27(2)12-21-25-15(13-30-21)8-10-20-26-18-9-7-14(23)11-16(18)22(29)28(20)19-6-4-3-5-17(19)24/h3-11,13H,12H2,1-2H3/b10-8+. The minimum absolute atomic E-state index is 0.0485. The van der Waals surface area contributed by atoms with Crippen LogP contribution in [0.1, 0.15) is 16.5 Å². The molecular weight excluding hydrogens is 406 g/mol. The molecule has 8 heteroatoms. The maximum Gasteiger partial charge on any atom is 0.266 e. The number of hydrogen-bond acceptors (Lipinski definition) is 5. The van der Waals surface area contributed by atoms with Gasteiger partial charge in [-0.25, -0.2) is 18.7 Å². The van der Waals surface area contributed by atoms with Crippen LogP contribution in [0, 0.1) is 11.6 Å². The van der Waals surface area contributed by atoms with Crippen molar-refractivity contribution in [3.05, 3.63) is 86.4 Å². The largest absolute Gasteiger partial charge is 0.303 e. The maximum absolute atomic E-state index is 14.5. The van der Waals surface area contributed by atoms with Gasteiger partial charge in [0.2, 0.25) is 0 Å². The van der Waals surface area contributed by atoms with Crippen molar-refractivity contribution in [2.24, 2.45) is 0 Å². The highest BCUT2D eigenvalue weighted by molar-refractivity contribution is 7.09. The summed E-state index contributed by atoms with van der Waals surface area (Å²) in [5.41, 5.74) is 0.550. The van der Waals surface area contributed by atoms with Crippen molar-refractivity contribution in [1.82, 2.24) is 19.4 Å². The quantitative estimate of drug-likeness (QED) is 0.478. The SMILES string of the molecule is CN(C)Cc1nc(/C=C/c2nc3ccc(F)cc3c(=O)n2-c2ccccc2F)cs1. The molecule has 152 valence electrons. The summed E-state index contributed by atoms with van der Waals surface area (Å²) in [5, 5.41) is 2.93. The molecule has 0 saturated heterocycles. The first kappa shape index (κ1) is 20.1. The van der Waals surface area contributed by atoms with Crippen LogP contribution >= 0.6 is 11.3 Å². The van der Waals surface area contributed by atoms with Crippen LogP contribution in [0.3, 0.4) is 0 Å². The summed E-state index contributed by atoms with van der Waals surface area (Å²) in [5.74, 6) is -0.902. The molecule has 0 bridgehead atoms. The van der Waals surface area contributed by atoms with E-state index in [9.17, 15) is 13.6 Å². The van der Waals surface area contributed by atoms with E-state index in [1.54, 1.807) is 18.2 Å². The number of nitrogens with zero attached hydrogens (tertiary/aromatic N) is 4. The van der Waals surface area contributed by atoms with E-state index in [0.29, 0.717) is 11.2 Å². The summed E-state index contributed by atoms with van der Waals surface area (Å²) < 4.78 is 29.4. The number of rotatable bonds is 5. The van der Waals surface area contributed by atoms with Crippen molar-refractivity contribution >= 4 is 34.4 Å². The second-order valence-electron chi connectivity index (χ2n) is 6.96. The summed E-state index contributed by atoms with van der Waals surface area (Å²) in [6, 6.07) is 9.70. The molecule has 0 amide bonds. The van der Waals surface area contributed by atoms with Crippen molar-refractivity contribution in [1.29, 1.82) is 0 Å². The number of benzene rings is 2. The zero-order valence-corrected chi connectivity index (χ0v) is 17.2. The first-order valence-corrected chi connectivity index (χ1v) is 10.0. The molecule has 0 N–H and O–H groups in total. The number of hydrogen-bond donors (Lipinski definition) is 0. The van der Waals surface area contributed by atoms with Crippen LogP contribution in [0.15, 0.2) is 52.6 Å². The molecule has 4 aromatic rings. The number of halogens is 2. The lowest BCUT2D eigenvalue weighted by Crippen LogP contribution is -2.23. The van der Waals surface area contributed by atoms with E-state index >= 15 is 0 Å². The van der Waals surface area contributed by atoms with E-state index in [-0.39, 0.29) is 16.9 Å². The van der Waals surface area contributed by atoms with Crippen LogP contribution in [0.2, 0.25) is 0 Å². The number of thiazole rings is 1. The van der Waals surface area contributed by atoms with Gasteiger partial charge in [0.05, 0.1) is 22.3 Å². The number of para-hydroxylation sites is 1. The fourth-order valence-electron chi connectivity index (χ4n) is 3.06. The van der Waals surface area contributed by atoms with Gasteiger partial charge in [0.15, 0.2) is 0 Å². The molecule has 0 aliphatic heterocycles. The molecule has 0 fully saturated rings. The second kappa shape index (κ2) is 8.25. The molecule has 0 aliphatic carbocycles. The van der Waals surface area contributed by atoms with Crippen LogP contribution < -0.4 is 5.56 Å². The van der Waals surface area contributed by atoms with Crippen LogP contribution in [-0.2, 0) is 6.54 Å². The summed E-state index contributed by atoms with van der Waals surface area (Å²) >= 11 is 1.53. The molecular formula is C22H18F2N4OS. The van der Waals surface area contributed by atoms with Gasteiger partial charge in [-0.15, -0.1) is 11.3 Å². The van der Waals surface area contributed by atoms with Gasteiger partial charge < -0.3 is 4.90 Å². The Labute approximate surface area is 175 Å². The highest BCUT2D eigenvalue weighted by Crippen LogP contribution is 2.19. The zero-order chi connectivity index (χ0) is 21.3. The van der Waals surface area contributed by atoms with E-state index in [1.165, 1.54) is 41.7 Å². The highest BCUT2D eigenvalue weighted by atomic mass is 32.1. The smallest absolute Gasteiger partial charge is 0.266 e. The fourth-order valence-corrected chi connectivity index (χ4v) is 3.94. The predicted octanol–water partition coefficient (Wildman–Crippen LogP) is 4.35. The van der Waals surface area contributed by atoms with E-state index in [2.05, 4.69) is 9.97 Å². The Kier molecular flexibility index (Phi) is 5.52. The van der Waals surface area contributed by atoms with Gasteiger partial charge >= 0.3 is 0 Å². The van der Waals surface area contributed by atoms with Gasteiger partial charge in [-0.2, -0.15) is 0 Å². The predicted molar refractivity (Wildman–Crippen MR) is 116 cm³/mol. The molecule has 0 aliphatic rings. The third-order valence-corrected chi connectivity index (χ3v) is 5.23. The van der Waals surface area contributed by atoms with Crippen molar-refractivity contribution in [3.8, 4) is 5.69 Å². The number of aromatic nitrogens is 3. The Balaban J connectivity index is 1.87. The average Bonchev–Trinajstić information content (AvgIpc) is 3.14. The van der Waals surface area contributed by atoms with Gasteiger partial charge in [-0.05, 0) is 56.6 Å². The van der Waals surface area contributed by atoms with Crippen molar-refractivity contribution < 1.29 is 8.78 Å². The molecule has 30 heavy (non-hydrogen) atoms. The van der Waals surface area contributed by atoms with Gasteiger partial charge in [0, 0.05) is 11.9 Å². The first-order chi connectivity index (χ1) is 14.4. The molecule has 0 atom stereocenters. The minimum atomic E-state index is -0.575. The summed E-state index contributed by atoms with van der Waals surface area (Å²) in [6.07, 6.45) is 3.34. The zero-order valence-electron chi connectivity index (χ0n) is 16.3. The number of fused-ring (bicyclic) bond motifs is 1. The van der Waals surface area contributed by atoms with Crippen molar-refractivity contribution in [2.75, 3.05) is 14.1 Å². The monoisotopic (exact) mass is 424 g/mol. The first-order valence-electron chi connectivity index (χ1n) is 9.17. The van der Waals surface area contributed by atoms with Crippen molar-refractivity contribution in [3.63, 3.8) is 0 Å². The molecule has 4 rings (SSSR count). The lowest BCUT2D eigenvalue weighted by Gasteiger charge is -2.12. The van der Waals surface area contributed by atoms with E-state index in [1.807, 2.05) is 24.4 Å². The maximum atomic E-state index is 14.5. The Morgan fingerprint density at radius 1 is 1.10 bits per heavy atom. The third kappa shape index (κ3) is 4.05. The summed E-state index contributed by atoms with van der Waals surface area (Å²) in [6.45, 7) is 0.720. The van der Waals surface area contributed by atoms with Gasteiger partial charge in [0.25, 0.3) is 5.56 Å². The molecule has 2 aromatic heterocycles. The lowest BCUT2D eigenvalue weighted by atomic mass is 10.2. The molecule has 5 nitrogen and oxygen atoms in total. The normalized spacial score (nSPS) is 11.8. The fraction of sp³-hybridized carbons (Fsp3) is 0.136. The van der Waals surface area contributed by atoms with Gasteiger partial charge in [-0.3, -0.25) is 9.36 Å². The Bertz CT molecular complexity index is 1310. The Morgan fingerprint density at radius 2 is 1.90 bits per heavy atom. The summed E-state index contributed by atoms with van der Waals surface area (Å²) in [7, 11) is 3.93.